The van der Waals surface area contributed by atoms with E-state index >= 15 is 0 Å². The van der Waals surface area contributed by atoms with Gasteiger partial charge < -0.3 is 14.6 Å². The van der Waals surface area contributed by atoms with Crippen LogP contribution in [0.4, 0.5) is 0 Å². The van der Waals surface area contributed by atoms with Gasteiger partial charge in [-0.3, -0.25) is 9.69 Å². The Morgan fingerprint density at radius 1 is 1.23 bits per heavy atom. The number of carbonyl (C=O) groups is 2. The predicted octanol–water partition coefficient (Wildman–Crippen LogP) is 4.51. The molecule has 1 saturated heterocycles. The number of thioether (sulfide) groups is 1. The smallest absolute Gasteiger partial charge is 0.331 e. The highest BCUT2D eigenvalue weighted by Crippen LogP contribution is 2.39. The van der Waals surface area contributed by atoms with Gasteiger partial charge in [-0.25, -0.2) is 4.79 Å². The summed E-state index contributed by atoms with van der Waals surface area (Å²) in [6.07, 6.45) is 2.55. The molecule has 1 heterocycles. The van der Waals surface area contributed by atoms with Crippen molar-refractivity contribution >= 4 is 46.3 Å². The Bertz CT molecular complexity index is 990. The fraction of sp³-hybridized carbons (Fsp3) is 0.227. The largest absolute Gasteiger partial charge is 0.493 e. The van der Waals surface area contributed by atoms with E-state index in [2.05, 4.69) is 0 Å². The molecule has 2 aromatic rings. The first-order valence-electron chi connectivity index (χ1n) is 9.32. The van der Waals surface area contributed by atoms with Crippen molar-refractivity contribution in [3.05, 3.63) is 64.6 Å². The molecular weight excluding hydrogens is 422 g/mol. The van der Waals surface area contributed by atoms with Gasteiger partial charge in [0.25, 0.3) is 5.91 Å². The van der Waals surface area contributed by atoms with Gasteiger partial charge in [-0.15, -0.1) is 0 Å². The van der Waals surface area contributed by atoms with Crippen LogP contribution in [0.25, 0.3) is 6.08 Å². The molecule has 0 spiro atoms. The minimum Gasteiger partial charge on any atom is -0.493 e. The minimum atomic E-state index is -1.18. The summed E-state index contributed by atoms with van der Waals surface area (Å²) in [4.78, 5) is 26.5. The van der Waals surface area contributed by atoms with E-state index in [1.165, 1.54) is 0 Å². The van der Waals surface area contributed by atoms with Crippen LogP contribution in [0.15, 0.2) is 53.4 Å². The third kappa shape index (κ3) is 4.66. The predicted molar refractivity (Wildman–Crippen MR) is 121 cm³/mol. The molecule has 0 radical (unpaired) electrons. The molecule has 1 N–H and O–H groups in total. The molecule has 0 saturated carbocycles. The Kier molecular flexibility index (Phi) is 7.12. The van der Waals surface area contributed by atoms with Gasteiger partial charge in [0.2, 0.25) is 0 Å². The van der Waals surface area contributed by atoms with Crippen molar-refractivity contribution in [3.63, 3.8) is 0 Å². The highest BCUT2D eigenvalue weighted by molar-refractivity contribution is 8.26. The third-order valence-electron chi connectivity index (χ3n) is 4.38. The summed E-state index contributed by atoms with van der Waals surface area (Å²) in [6, 6.07) is 12.8. The fourth-order valence-corrected chi connectivity index (χ4v) is 4.31. The molecule has 1 aliphatic rings. The van der Waals surface area contributed by atoms with E-state index < -0.39 is 17.9 Å². The summed E-state index contributed by atoms with van der Waals surface area (Å²) >= 11 is 6.42. The summed E-state index contributed by atoms with van der Waals surface area (Å²) in [5.74, 6) is -0.399. The van der Waals surface area contributed by atoms with Crippen LogP contribution < -0.4 is 9.47 Å². The highest BCUT2D eigenvalue weighted by Gasteiger charge is 2.41. The molecule has 1 atom stereocenters. The van der Waals surface area contributed by atoms with E-state index in [1.54, 1.807) is 55.7 Å². The zero-order valence-corrected chi connectivity index (χ0v) is 18.2. The van der Waals surface area contributed by atoms with Gasteiger partial charge in [0.15, 0.2) is 17.5 Å². The third-order valence-corrected chi connectivity index (χ3v) is 5.71. The van der Waals surface area contributed by atoms with E-state index in [0.717, 1.165) is 28.6 Å². The number of nitrogens with zero attached hydrogens (tertiary/aromatic N) is 1. The quantitative estimate of drug-likeness (QED) is 0.475. The topological polar surface area (TPSA) is 76.1 Å². The molecule has 0 unspecified atom stereocenters. The number of thiocarbonyl (C=S) groups is 1. The van der Waals surface area contributed by atoms with Crippen molar-refractivity contribution in [2.75, 3.05) is 13.7 Å². The van der Waals surface area contributed by atoms with Gasteiger partial charge in [0, 0.05) is 0 Å². The summed E-state index contributed by atoms with van der Waals surface area (Å²) in [5, 5.41) is 9.76. The van der Waals surface area contributed by atoms with E-state index in [9.17, 15) is 14.7 Å². The lowest BCUT2D eigenvalue weighted by molar-refractivity contribution is -0.145. The monoisotopic (exact) mass is 443 g/mol. The van der Waals surface area contributed by atoms with Crippen molar-refractivity contribution < 1.29 is 24.2 Å². The zero-order chi connectivity index (χ0) is 21.7. The lowest BCUT2D eigenvalue weighted by Crippen LogP contribution is -2.37. The molecule has 3 rings (SSSR count). The summed E-state index contributed by atoms with van der Waals surface area (Å²) in [7, 11) is 1.55. The number of carboxylic acid groups (broad SMARTS) is 1. The van der Waals surface area contributed by atoms with Gasteiger partial charge in [-0.2, -0.15) is 0 Å². The number of methoxy groups -OCH3 is 1. The van der Waals surface area contributed by atoms with Crippen LogP contribution in [0.2, 0.25) is 0 Å². The first kappa shape index (κ1) is 21.9. The van der Waals surface area contributed by atoms with Crippen LogP contribution in [0, 0.1) is 0 Å². The molecular formula is C22H21NO5S2. The normalized spacial score (nSPS) is 16.1. The minimum absolute atomic E-state index is 0.206. The number of aliphatic carboxylic acids is 1. The van der Waals surface area contributed by atoms with E-state index in [1.807, 2.05) is 13.0 Å². The number of rotatable bonds is 8. The van der Waals surface area contributed by atoms with Gasteiger partial charge in [0.05, 0.1) is 18.6 Å². The van der Waals surface area contributed by atoms with Crippen molar-refractivity contribution in [1.29, 1.82) is 0 Å². The Labute approximate surface area is 184 Å². The molecule has 6 nitrogen and oxygen atoms in total. The lowest BCUT2D eigenvalue weighted by atomic mass is 10.1. The average Bonchev–Trinajstić information content (AvgIpc) is 3.01. The SMILES string of the molecule is CCCOc1ccc(/C=C2\SC(=S)N([C@H](C(=O)O)c3ccccc3)C2=O)cc1OC. The number of amides is 1. The lowest BCUT2D eigenvalue weighted by Gasteiger charge is -2.23. The molecule has 1 amide bonds. The fourth-order valence-electron chi connectivity index (χ4n) is 3.00. The molecule has 156 valence electrons. The molecule has 0 aliphatic carbocycles. The van der Waals surface area contributed by atoms with Gasteiger partial charge in [-0.1, -0.05) is 67.3 Å². The molecule has 0 bridgehead atoms. The first-order valence-corrected chi connectivity index (χ1v) is 10.5. The second kappa shape index (κ2) is 9.77. The highest BCUT2D eigenvalue weighted by atomic mass is 32.2. The Morgan fingerprint density at radius 2 is 1.97 bits per heavy atom. The summed E-state index contributed by atoms with van der Waals surface area (Å²) in [6.45, 7) is 2.59. The van der Waals surface area contributed by atoms with Crippen LogP contribution in [0.3, 0.4) is 0 Å². The van der Waals surface area contributed by atoms with Gasteiger partial charge in [-0.05, 0) is 35.8 Å². The second-order valence-corrected chi connectivity index (χ2v) is 8.14. The van der Waals surface area contributed by atoms with Crippen molar-refractivity contribution in [1.82, 2.24) is 4.90 Å². The van der Waals surface area contributed by atoms with Crippen molar-refractivity contribution in [3.8, 4) is 11.5 Å². The molecule has 30 heavy (non-hydrogen) atoms. The average molecular weight is 444 g/mol. The standard InChI is InChI=1S/C22H21NO5S2/c1-3-11-28-16-10-9-14(12-17(16)27-2)13-18-20(24)23(22(29)30-18)19(21(25)26)15-7-5-4-6-8-15/h4-10,12-13,19H,3,11H2,1-2H3,(H,25,26)/b18-13-/t19-/m0/s1. The Balaban J connectivity index is 1.90. The van der Waals surface area contributed by atoms with E-state index in [-0.39, 0.29) is 4.32 Å². The van der Waals surface area contributed by atoms with Crippen LogP contribution in [0.1, 0.15) is 30.5 Å². The number of carboxylic acids is 1. The number of hydrogen-bond acceptors (Lipinski definition) is 6. The maximum absolute atomic E-state index is 13.0. The Morgan fingerprint density at radius 3 is 2.60 bits per heavy atom. The van der Waals surface area contributed by atoms with E-state index in [4.69, 9.17) is 21.7 Å². The molecule has 1 aliphatic heterocycles. The Hall–Kier alpha value is -2.84. The van der Waals surface area contributed by atoms with Crippen LogP contribution in [-0.2, 0) is 9.59 Å². The molecule has 8 heteroatoms. The van der Waals surface area contributed by atoms with Crippen LogP contribution in [-0.4, -0.2) is 39.9 Å². The molecule has 0 aromatic heterocycles. The number of benzene rings is 2. The molecule has 2 aromatic carbocycles. The van der Waals surface area contributed by atoms with Crippen molar-refractivity contribution in [2.45, 2.75) is 19.4 Å². The van der Waals surface area contributed by atoms with E-state index in [0.29, 0.717) is 28.6 Å². The van der Waals surface area contributed by atoms with Crippen molar-refractivity contribution in [2.24, 2.45) is 0 Å². The van der Waals surface area contributed by atoms with Gasteiger partial charge in [0.1, 0.15) is 4.32 Å². The number of ether oxygens (including phenoxy) is 2. The van der Waals surface area contributed by atoms with Crippen LogP contribution in [0.5, 0.6) is 11.5 Å². The number of carbonyl (C=O) groups excluding carboxylic acids is 1. The van der Waals surface area contributed by atoms with Gasteiger partial charge >= 0.3 is 5.97 Å². The summed E-state index contributed by atoms with van der Waals surface area (Å²) in [5.41, 5.74) is 1.21. The molecule has 1 fully saturated rings. The van der Waals surface area contributed by atoms with Crippen LogP contribution >= 0.6 is 24.0 Å². The first-order chi connectivity index (χ1) is 14.5. The second-order valence-electron chi connectivity index (χ2n) is 6.46. The summed E-state index contributed by atoms with van der Waals surface area (Å²) < 4.78 is 11.2. The zero-order valence-electron chi connectivity index (χ0n) is 16.5. The maximum Gasteiger partial charge on any atom is 0.331 e. The number of hydrogen-bond donors (Lipinski definition) is 1. The maximum atomic E-state index is 13.0.